The molecule has 2 aromatic carbocycles. The highest BCUT2D eigenvalue weighted by atomic mass is 16.5. The number of carbonyl (C=O) groups is 2. The van der Waals surface area contributed by atoms with Crippen molar-refractivity contribution < 1.29 is 19.1 Å². The molecule has 4 nitrogen and oxygen atoms in total. The number of benzene rings is 2. The monoisotopic (exact) mass is 354 g/mol. The van der Waals surface area contributed by atoms with Crippen molar-refractivity contribution in [3.8, 4) is 0 Å². The number of rotatable bonds is 9. The van der Waals surface area contributed by atoms with E-state index in [9.17, 15) is 9.59 Å². The second-order valence-corrected chi connectivity index (χ2v) is 6.49. The van der Waals surface area contributed by atoms with E-state index in [1.165, 1.54) is 7.11 Å². The summed E-state index contributed by atoms with van der Waals surface area (Å²) in [5.74, 6) is -1.28. The summed E-state index contributed by atoms with van der Waals surface area (Å²) in [6, 6.07) is 19.3. The zero-order valence-electron chi connectivity index (χ0n) is 15.6. The molecule has 0 aliphatic heterocycles. The van der Waals surface area contributed by atoms with Crippen molar-refractivity contribution in [3.05, 3.63) is 71.8 Å². The molecule has 2 rings (SSSR count). The Kier molecular flexibility index (Phi) is 7.54. The molecule has 0 aromatic heterocycles. The predicted octanol–water partition coefficient (Wildman–Crippen LogP) is 3.83. The molecule has 4 heteroatoms. The summed E-state index contributed by atoms with van der Waals surface area (Å²) in [6.45, 7) is 3.91. The molecule has 0 aliphatic carbocycles. The van der Waals surface area contributed by atoms with Gasteiger partial charge in [0.15, 0.2) is 0 Å². The molecular formula is C22H26O4. The Morgan fingerprint density at radius 2 is 1.38 bits per heavy atom. The van der Waals surface area contributed by atoms with Gasteiger partial charge in [-0.25, -0.2) is 0 Å². The van der Waals surface area contributed by atoms with E-state index in [0.717, 1.165) is 11.1 Å². The van der Waals surface area contributed by atoms with E-state index in [1.807, 2.05) is 67.6 Å². The summed E-state index contributed by atoms with van der Waals surface area (Å²) in [5, 5.41) is 0. The van der Waals surface area contributed by atoms with Crippen molar-refractivity contribution in [3.63, 3.8) is 0 Å². The molecule has 0 unspecified atom stereocenters. The zero-order valence-corrected chi connectivity index (χ0v) is 15.6. The van der Waals surface area contributed by atoms with Crippen molar-refractivity contribution in [1.82, 2.24) is 0 Å². The van der Waals surface area contributed by atoms with Gasteiger partial charge in [0.05, 0.1) is 25.7 Å². The van der Waals surface area contributed by atoms with Crippen LogP contribution in [0.3, 0.4) is 0 Å². The highest BCUT2D eigenvalue weighted by Gasteiger charge is 2.34. The minimum atomic E-state index is -0.543. The standard InChI is InChI=1S/C22H26O4/c1-16(20(23)14-18-10-6-4-7-11-18)21(17(2)22(24)25-3)26-15-19-12-8-5-9-13-19/h4-13,16-17,21H,14-15H2,1-3H3/t16-,17-,21-/m1/s1. The molecule has 26 heavy (non-hydrogen) atoms. The van der Waals surface area contributed by atoms with E-state index in [1.54, 1.807) is 6.92 Å². The number of methoxy groups -OCH3 is 1. The van der Waals surface area contributed by atoms with E-state index >= 15 is 0 Å². The Labute approximate surface area is 155 Å². The van der Waals surface area contributed by atoms with E-state index < -0.39 is 17.9 Å². The average Bonchev–Trinajstić information content (AvgIpc) is 2.68. The molecule has 138 valence electrons. The molecule has 3 atom stereocenters. The first-order valence-electron chi connectivity index (χ1n) is 8.83. The Hall–Kier alpha value is -2.46. The Balaban J connectivity index is 2.10. The predicted molar refractivity (Wildman–Crippen MR) is 101 cm³/mol. The number of Topliss-reactive ketones (excluding diaryl/α,β-unsaturated/α-hetero) is 1. The normalized spacial score (nSPS) is 14.3. The summed E-state index contributed by atoms with van der Waals surface area (Å²) in [4.78, 5) is 24.8. The molecule has 0 N–H and O–H groups in total. The SMILES string of the molecule is COC(=O)[C@H](C)[C@H](OCc1ccccc1)[C@H](C)C(=O)Cc1ccccc1. The van der Waals surface area contributed by atoms with Crippen LogP contribution in [0.1, 0.15) is 25.0 Å². The second kappa shape index (κ2) is 9.88. The molecule has 0 saturated carbocycles. The molecule has 0 fully saturated rings. The number of carbonyl (C=O) groups excluding carboxylic acids is 2. The fourth-order valence-corrected chi connectivity index (χ4v) is 2.95. The van der Waals surface area contributed by atoms with Crippen LogP contribution in [0.4, 0.5) is 0 Å². The molecule has 0 saturated heterocycles. The Morgan fingerprint density at radius 3 is 1.92 bits per heavy atom. The van der Waals surface area contributed by atoms with Gasteiger partial charge in [-0.2, -0.15) is 0 Å². The smallest absolute Gasteiger partial charge is 0.311 e. The molecule has 0 aliphatic rings. The minimum Gasteiger partial charge on any atom is -0.469 e. The molecule has 2 aromatic rings. The molecule has 0 bridgehead atoms. The van der Waals surface area contributed by atoms with Crippen LogP contribution >= 0.6 is 0 Å². The average molecular weight is 354 g/mol. The third-order valence-electron chi connectivity index (χ3n) is 4.57. The van der Waals surface area contributed by atoms with Crippen LogP contribution in [-0.2, 0) is 32.1 Å². The largest absolute Gasteiger partial charge is 0.469 e. The van der Waals surface area contributed by atoms with Crippen molar-refractivity contribution >= 4 is 11.8 Å². The van der Waals surface area contributed by atoms with E-state index in [-0.39, 0.29) is 11.8 Å². The zero-order chi connectivity index (χ0) is 18.9. The second-order valence-electron chi connectivity index (χ2n) is 6.49. The summed E-state index contributed by atoms with van der Waals surface area (Å²) < 4.78 is 10.9. The highest BCUT2D eigenvalue weighted by Crippen LogP contribution is 2.22. The third kappa shape index (κ3) is 5.53. The third-order valence-corrected chi connectivity index (χ3v) is 4.57. The minimum absolute atomic E-state index is 0.0463. The number of hydrogen-bond acceptors (Lipinski definition) is 4. The number of esters is 1. The van der Waals surface area contributed by atoms with Crippen LogP contribution in [-0.4, -0.2) is 25.0 Å². The Bertz CT molecular complexity index is 697. The van der Waals surface area contributed by atoms with Crippen LogP contribution in [0.25, 0.3) is 0 Å². The van der Waals surface area contributed by atoms with Crippen LogP contribution in [0.15, 0.2) is 60.7 Å². The lowest BCUT2D eigenvalue weighted by Crippen LogP contribution is -2.38. The fraction of sp³-hybridized carbons (Fsp3) is 0.364. The van der Waals surface area contributed by atoms with Crippen molar-refractivity contribution in [2.24, 2.45) is 11.8 Å². The van der Waals surface area contributed by atoms with Crippen LogP contribution < -0.4 is 0 Å². The first kappa shape index (κ1) is 19.9. The van der Waals surface area contributed by atoms with Gasteiger partial charge in [0.2, 0.25) is 0 Å². The maximum Gasteiger partial charge on any atom is 0.311 e. The lowest BCUT2D eigenvalue weighted by Gasteiger charge is -2.27. The highest BCUT2D eigenvalue weighted by molar-refractivity contribution is 5.84. The van der Waals surface area contributed by atoms with Gasteiger partial charge >= 0.3 is 5.97 Å². The first-order chi connectivity index (χ1) is 12.5. The molecule has 0 radical (unpaired) electrons. The van der Waals surface area contributed by atoms with E-state index in [4.69, 9.17) is 9.47 Å². The van der Waals surface area contributed by atoms with E-state index in [2.05, 4.69) is 0 Å². The molecule has 0 spiro atoms. The van der Waals surface area contributed by atoms with Gasteiger partial charge < -0.3 is 9.47 Å². The van der Waals surface area contributed by atoms with Crippen LogP contribution in [0, 0.1) is 11.8 Å². The maximum atomic E-state index is 12.7. The van der Waals surface area contributed by atoms with Gasteiger partial charge in [-0.3, -0.25) is 9.59 Å². The molecule has 0 amide bonds. The topological polar surface area (TPSA) is 52.6 Å². The van der Waals surface area contributed by atoms with Gasteiger partial charge in [0.1, 0.15) is 5.78 Å². The number of hydrogen-bond donors (Lipinski definition) is 0. The Morgan fingerprint density at radius 1 is 0.846 bits per heavy atom. The van der Waals surface area contributed by atoms with Gasteiger partial charge in [-0.15, -0.1) is 0 Å². The van der Waals surface area contributed by atoms with E-state index in [0.29, 0.717) is 13.0 Å². The maximum absolute atomic E-state index is 12.7. The van der Waals surface area contributed by atoms with Crippen molar-refractivity contribution in [2.45, 2.75) is 33.0 Å². The fourth-order valence-electron chi connectivity index (χ4n) is 2.95. The van der Waals surface area contributed by atoms with Crippen molar-refractivity contribution in [2.75, 3.05) is 7.11 Å². The molecule has 0 heterocycles. The van der Waals surface area contributed by atoms with Crippen LogP contribution in [0.5, 0.6) is 0 Å². The summed E-state index contributed by atoms with van der Waals surface area (Å²) in [6.07, 6.45) is -0.222. The molecular weight excluding hydrogens is 328 g/mol. The number of ketones is 1. The van der Waals surface area contributed by atoms with Crippen molar-refractivity contribution in [1.29, 1.82) is 0 Å². The van der Waals surface area contributed by atoms with Crippen LogP contribution in [0.2, 0.25) is 0 Å². The summed E-state index contributed by atoms with van der Waals surface area (Å²) in [7, 11) is 1.35. The van der Waals surface area contributed by atoms with Gasteiger partial charge in [0.25, 0.3) is 0 Å². The van der Waals surface area contributed by atoms with Gasteiger partial charge in [0, 0.05) is 12.3 Å². The summed E-state index contributed by atoms with van der Waals surface area (Å²) in [5.41, 5.74) is 1.95. The first-order valence-corrected chi connectivity index (χ1v) is 8.83. The summed E-state index contributed by atoms with van der Waals surface area (Å²) >= 11 is 0. The lowest BCUT2D eigenvalue weighted by molar-refractivity contribution is -0.154. The van der Waals surface area contributed by atoms with Gasteiger partial charge in [-0.05, 0) is 18.1 Å². The lowest BCUT2D eigenvalue weighted by atomic mass is 9.87. The van der Waals surface area contributed by atoms with Gasteiger partial charge in [-0.1, -0.05) is 67.6 Å². The quantitative estimate of drug-likeness (QED) is 0.642. The number of ether oxygens (including phenoxy) is 2.